The van der Waals surface area contributed by atoms with Gasteiger partial charge < -0.3 is 24.3 Å². The van der Waals surface area contributed by atoms with E-state index < -0.39 is 6.09 Å². The maximum atomic E-state index is 11.4. The first kappa shape index (κ1) is 18.9. The van der Waals surface area contributed by atoms with Crippen molar-refractivity contribution in [2.24, 2.45) is 0 Å². The van der Waals surface area contributed by atoms with Crippen LogP contribution >= 0.6 is 0 Å². The minimum absolute atomic E-state index is 0.227. The van der Waals surface area contributed by atoms with E-state index in [9.17, 15) is 9.59 Å². The lowest BCUT2D eigenvalue weighted by atomic mass is 10.2. The van der Waals surface area contributed by atoms with Crippen LogP contribution in [-0.2, 0) is 30.3 Å². The summed E-state index contributed by atoms with van der Waals surface area (Å²) >= 11 is 0. The number of carbonyl (C=O) groups is 2. The molecule has 0 aliphatic carbocycles. The van der Waals surface area contributed by atoms with E-state index in [1.165, 1.54) is 7.11 Å². The van der Waals surface area contributed by atoms with Gasteiger partial charge in [0.15, 0.2) is 0 Å². The van der Waals surface area contributed by atoms with Gasteiger partial charge in [0.1, 0.15) is 6.61 Å². The minimum Gasteiger partial charge on any atom is -0.469 e. The predicted molar refractivity (Wildman–Crippen MR) is 82.9 cm³/mol. The van der Waals surface area contributed by atoms with Crippen LogP contribution in [0, 0.1) is 0 Å². The quantitative estimate of drug-likeness (QED) is 0.490. The number of nitrogens with one attached hydrogen (secondary N) is 1. The number of hydrogen-bond donors (Lipinski definition) is 1. The van der Waals surface area contributed by atoms with Gasteiger partial charge >= 0.3 is 12.1 Å². The van der Waals surface area contributed by atoms with E-state index in [4.69, 9.17) is 14.2 Å². The van der Waals surface area contributed by atoms with Gasteiger partial charge in [0.2, 0.25) is 0 Å². The molecule has 0 fully saturated rings. The summed E-state index contributed by atoms with van der Waals surface area (Å²) in [5.41, 5.74) is 0.933. The van der Waals surface area contributed by atoms with Gasteiger partial charge in [-0.05, 0) is 5.56 Å². The van der Waals surface area contributed by atoms with Crippen molar-refractivity contribution in [3.63, 3.8) is 0 Å². The molecule has 0 aromatic heterocycles. The summed E-state index contributed by atoms with van der Waals surface area (Å²) in [6, 6.07) is 9.45. The number of rotatable bonds is 11. The van der Waals surface area contributed by atoms with Gasteiger partial charge in [0.05, 0.1) is 40.0 Å². The van der Waals surface area contributed by atoms with Gasteiger partial charge in [0.25, 0.3) is 0 Å². The first-order valence-corrected chi connectivity index (χ1v) is 7.39. The molecule has 7 nitrogen and oxygen atoms in total. The number of amides is 1. The molecule has 1 amide bonds. The van der Waals surface area contributed by atoms with Crippen LogP contribution in [0.25, 0.3) is 0 Å². The van der Waals surface area contributed by atoms with Crippen LogP contribution in [0.5, 0.6) is 0 Å². The van der Waals surface area contributed by atoms with Crippen molar-refractivity contribution in [3.8, 4) is 0 Å². The number of benzene rings is 1. The summed E-state index contributed by atoms with van der Waals surface area (Å²) in [5, 5.41) is 2.59. The van der Waals surface area contributed by atoms with E-state index in [1.54, 1.807) is 0 Å². The zero-order valence-electron chi connectivity index (χ0n) is 13.3. The van der Waals surface area contributed by atoms with Crippen LogP contribution in [0.4, 0.5) is 4.79 Å². The summed E-state index contributed by atoms with van der Waals surface area (Å²) in [6.45, 7) is 2.04. The molecule has 0 saturated heterocycles. The molecule has 0 saturated carbocycles. The van der Waals surface area contributed by atoms with Gasteiger partial charge in [-0.1, -0.05) is 30.3 Å². The Hall–Kier alpha value is -2.12. The maximum Gasteiger partial charge on any atom is 0.407 e. The summed E-state index contributed by atoms with van der Waals surface area (Å²) in [5.74, 6) is -0.302. The molecule has 23 heavy (non-hydrogen) atoms. The highest BCUT2D eigenvalue weighted by Gasteiger charge is 2.02. The highest BCUT2D eigenvalue weighted by molar-refractivity contribution is 5.69. The second-order valence-corrected chi connectivity index (χ2v) is 4.54. The highest BCUT2D eigenvalue weighted by atomic mass is 16.6. The summed E-state index contributed by atoms with van der Waals surface area (Å²) in [6.07, 6.45) is -0.252. The van der Waals surface area contributed by atoms with Crippen LogP contribution in [0.2, 0.25) is 0 Å². The smallest absolute Gasteiger partial charge is 0.407 e. The number of methoxy groups -OCH3 is 1. The van der Waals surface area contributed by atoms with Crippen LogP contribution in [0.1, 0.15) is 12.0 Å². The fourth-order valence-electron chi connectivity index (χ4n) is 1.58. The summed E-state index contributed by atoms with van der Waals surface area (Å²) < 4.78 is 20.0. The van der Waals surface area contributed by atoms with Crippen LogP contribution in [0.15, 0.2) is 30.3 Å². The zero-order chi connectivity index (χ0) is 16.8. The first-order chi connectivity index (χ1) is 11.2. The molecule has 7 heteroatoms. The number of ether oxygens (including phenoxy) is 4. The molecule has 0 radical (unpaired) electrons. The monoisotopic (exact) mass is 325 g/mol. The Morgan fingerprint density at radius 2 is 1.70 bits per heavy atom. The molecule has 0 bridgehead atoms. The molecule has 0 atom stereocenters. The predicted octanol–water partition coefficient (Wildman–Crippen LogP) is 1.51. The fourth-order valence-corrected chi connectivity index (χ4v) is 1.58. The molecular weight excluding hydrogens is 302 g/mol. The number of esters is 1. The highest BCUT2D eigenvalue weighted by Crippen LogP contribution is 2.00. The van der Waals surface area contributed by atoms with Crippen LogP contribution in [-0.4, -0.2) is 52.1 Å². The second kappa shape index (κ2) is 12.4. The van der Waals surface area contributed by atoms with Crippen molar-refractivity contribution in [2.75, 3.05) is 40.1 Å². The van der Waals surface area contributed by atoms with Crippen molar-refractivity contribution in [2.45, 2.75) is 13.0 Å². The van der Waals surface area contributed by atoms with Gasteiger partial charge in [-0.2, -0.15) is 0 Å². The third-order valence-corrected chi connectivity index (χ3v) is 2.78. The Labute approximate surface area is 135 Å². The van der Waals surface area contributed by atoms with Gasteiger partial charge in [-0.15, -0.1) is 0 Å². The minimum atomic E-state index is -0.480. The molecule has 0 unspecified atom stereocenters. The average molecular weight is 325 g/mol. The molecular formula is C16H23NO6. The Morgan fingerprint density at radius 1 is 1.00 bits per heavy atom. The molecule has 1 aromatic rings. The Morgan fingerprint density at radius 3 is 2.39 bits per heavy atom. The SMILES string of the molecule is COC(=O)CCOCCOCCNC(=O)OCc1ccccc1. The van der Waals surface area contributed by atoms with E-state index in [0.717, 1.165) is 5.56 Å². The molecule has 0 heterocycles. The molecule has 1 rings (SSSR count). The fraction of sp³-hybridized carbons (Fsp3) is 0.500. The Kier molecular flexibility index (Phi) is 10.2. The lowest BCUT2D eigenvalue weighted by molar-refractivity contribution is -0.141. The molecule has 1 N–H and O–H groups in total. The number of hydrogen-bond acceptors (Lipinski definition) is 6. The van der Waals surface area contributed by atoms with Crippen LogP contribution < -0.4 is 5.32 Å². The molecule has 0 spiro atoms. The van der Waals surface area contributed by atoms with Crippen molar-refractivity contribution in [1.29, 1.82) is 0 Å². The average Bonchev–Trinajstić information content (AvgIpc) is 2.59. The summed E-state index contributed by atoms with van der Waals surface area (Å²) in [7, 11) is 1.34. The van der Waals surface area contributed by atoms with Gasteiger partial charge in [-0.25, -0.2) is 4.79 Å². The number of alkyl carbamates (subject to hydrolysis) is 1. The normalized spacial score (nSPS) is 10.1. The largest absolute Gasteiger partial charge is 0.469 e. The Balaban J connectivity index is 1.88. The molecule has 0 aliphatic rings. The van der Waals surface area contributed by atoms with Crippen LogP contribution in [0.3, 0.4) is 0 Å². The molecule has 0 aliphatic heterocycles. The Bertz CT molecular complexity index is 451. The molecule has 128 valence electrons. The van der Waals surface area contributed by atoms with Crippen molar-refractivity contribution in [3.05, 3.63) is 35.9 Å². The summed E-state index contributed by atoms with van der Waals surface area (Å²) in [4.78, 5) is 22.2. The zero-order valence-corrected chi connectivity index (χ0v) is 13.3. The number of carbonyl (C=O) groups excluding carboxylic acids is 2. The second-order valence-electron chi connectivity index (χ2n) is 4.54. The third-order valence-electron chi connectivity index (χ3n) is 2.78. The van der Waals surface area contributed by atoms with Gasteiger partial charge in [0, 0.05) is 6.54 Å². The first-order valence-electron chi connectivity index (χ1n) is 7.39. The standard InChI is InChI=1S/C16H23NO6/c1-20-15(18)7-9-21-11-12-22-10-8-17-16(19)23-13-14-5-3-2-4-6-14/h2-6H,7-13H2,1H3,(H,17,19). The van der Waals surface area contributed by atoms with E-state index in [-0.39, 0.29) is 19.0 Å². The lowest BCUT2D eigenvalue weighted by Crippen LogP contribution is -2.28. The topological polar surface area (TPSA) is 83.1 Å². The van der Waals surface area contributed by atoms with E-state index in [0.29, 0.717) is 33.0 Å². The molecule has 1 aromatic carbocycles. The van der Waals surface area contributed by atoms with E-state index in [1.807, 2.05) is 30.3 Å². The van der Waals surface area contributed by atoms with Crippen molar-refractivity contribution >= 4 is 12.1 Å². The van der Waals surface area contributed by atoms with Crippen molar-refractivity contribution < 1.29 is 28.5 Å². The van der Waals surface area contributed by atoms with Gasteiger partial charge in [-0.3, -0.25) is 4.79 Å². The van der Waals surface area contributed by atoms with E-state index >= 15 is 0 Å². The maximum absolute atomic E-state index is 11.4. The third kappa shape index (κ3) is 10.3. The van der Waals surface area contributed by atoms with Crippen molar-refractivity contribution in [1.82, 2.24) is 5.32 Å². The lowest BCUT2D eigenvalue weighted by Gasteiger charge is -2.08. The van der Waals surface area contributed by atoms with E-state index in [2.05, 4.69) is 10.1 Å².